The summed E-state index contributed by atoms with van der Waals surface area (Å²) >= 11 is 0. The first-order valence-electron chi connectivity index (χ1n) is 12.5. The second-order valence-corrected chi connectivity index (χ2v) is 9.99. The minimum atomic E-state index is -0.805. The van der Waals surface area contributed by atoms with E-state index in [1.165, 1.54) is 11.1 Å². The van der Waals surface area contributed by atoms with Crippen LogP contribution in [-0.2, 0) is 14.3 Å². The molecule has 0 heterocycles. The Balaban J connectivity index is 1.32. The molecule has 2 aromatic carbocycles. The van der Waals surface area contributed by atoms with Crippen molar-refractivity contribution in [1.82, 2.24) is 10.6 Å². The molecule has 3 atom stereocenters. The summed E-state index contributed by atoms with van der Waals surface area (Å²) in [6.07, 6.45) is 2.25. The van der Waals surface area contributed by atoms with E-state index in [0.29, 0.717) is 12.8 Å². The van der Waals surface area contributed by atoms with E-state index in [4.69, 9.17) is 4.74 Å². The molecule has 0 saturated heterocycles. The van der Waals surface area contributed by atoms with Crippen molar-refractivity contribution in [3.05, 3.63) is 59.7 Å². The van der Waals surface area contributed by atoms with E-state index < -0.39 is 18.0 Å². The van der Waals surface area contributed by atoms with Gasteiger partial charge in [-0.15, -0.1) is 0 Å². The number of amides is 2. The second-order valence-electron chi connectivity index (χ2n) is 9.99. The number of fused-ring (bicyclic) bond motifs is 3. The Kier molecular flexibility index (Phi) is 7.73. The monoisotopic (exact) mass is 478 g/mol. The van der Waals surface area contributed by atoms with Crippen molar-refractivity contribution in [2.45, 2.75) is 64.0 Å². The number of carboxylic acid groups (broad SMARTS) is 1. The van der Waals surface area contributed by atoms with Crippen LogP contribution < -0.4 is 10.6 Å². The third-order valence-corrected chi connectivity index (χ3v) is 7.25. The molecule has 2 aromatic rings. The number of rotatable bonds is 8. The molecule has 1 saturated carbocycles. The van der Waals surface area contributed by atoms with Crippen LogP contribution in [0.5, 0.6) is 0 Å². The number of carboxylic acids is 1. The highest BCUT2D eigenvalue weighted by Gasteiger charge is 2.31. The molecule has 186 valence electrons. The zero-order chi connectivity index (χ0) is 24.9. The number of ether oxygens (including phenoxy) is 1. The molecule has 0 aromatic heterocycles. The largest absolute Gasteiger partial charge is 0.481 e. The lowest BCUT2D eigenvalue weighted by Crippen LogP contribution is -2.45. The Morgan fingerprint density at radius 1 is 1.00 bits per heavy atom. The first kappa shape index (κ1) is 24.8. The van der Waals surface area contributed by atoms with Crippen LogP contribution in [0.3, 0.4) is 0 Å². The van der Waals surface area contributed by atoms with Gasteiger partial charge in [0.1, 0.15) is 6.61 Å². The average Bonchev–Trinajstić information content (AvgIpc) is 3.16. The first-order chi connectivity index (χ1) is 16.8. The van der Waals surface area contributed by atoms with Gasteiger partial charge in [0.05, 0.1) is 5.92 Å². The van der Waals surface area contributed by atoms with Gasteiger partial charge < -0.3 is 20.5 Å². The van der Waals surface area contributed by atoms with Crippen molar-refractivity contribution in [3.63, 3.8) is 0 Å². The fourth-order valence-corrected chi connectivity index (χ4v) is 5.28. The van der Waals surface area contributed by atoms with Gasteiger partial charge in [-0.25, -0.2) is 4.79 Å². The summed E-state index contributed by atoms with van der Waals surface area (Å²) in [5, 5.41) is 15.1. The van der Waals surface area contributed by atoms with Crippen LogP contribution in [0.1, 0.15) is 63.0 Å². The zero-order valence-corrected chi connectivity index (χ0v) is 20.3. The molecular formula is C28H34N2O5. The molecule has 0 bridgehead atoms. The van der Waals surface area contributed by atoms with Crippen molar-refractivity contribution in [3.8, 4) is 11.1 Å². The van der Waals surface area contributed by atoms with Crippen molar-refractivity contribution >= 4 is 18.0 Å². The molecule has 0 spiro atoms. The highest BCUT2D eigenvalue weighted by Crippen LogP contribution is 2.44. The molecule has 7 heteroatoms. The molecule has 7 nitrogen and oxygen atoms in total. The predicted octanol–water partition coefficient (Wildman–Crippen LogP) is 4.70. The number of hydrogen-bond donors (Lipinski definition) is 3. The maximum Gasteiger partial charge on any atom is 0.407 e. The maximum atomic E-state index is 12.7. The van der Waals surface area contributed by atoms with Crippen molar-refractivity contribution < 1.29 is 24.2 Å². The van der Waals surface area contributed by atoms with Gasteiger partial charge >= 0.3 is 12.1 Å². The topological polar surface area (TPSA) is 105 Å². The zero-order valence-electron chi connectivity index (χ0n) is 20.3. The molecule has 0 aliphatic heterocycles. The van der Waals surface area contributed by atoms with Crippen LogP contribution in [0.15, 0.2) is 48.5 Å². The molecule has 2 aliphatic rings. The summed E-state index contributed by atoms with van der Waals surface area (Å²) in [5.41, 5.74) is 4.63. The highest BCUT2D eigenvalue weighted by molar-refractivity contribution is 5.80. The van der Waals surface area contributed by atoms with Gasteiger partial charge in [0.25, 0.3) is 0 Å². The molecular weight excluding hydrogens is 444 g/mol. The van der Waals surface area contributed by atoms with E-state index in [-0.39, 0.29) is 42.9 Å². The van der Waals surface area contributed by atoms with E-state index in [0.717, 1.165) is 24.0 Å². The SMILES string of the molecule is CC(C)[C@@H](CC(=O)N[C@H]1CCC[C@@H](C(=O)O)C1)NC(=O)OCC1c2ccccc2-c2ccccc21. The van der Waals surface area contributed by atoms with Gasteiger partial charge in [0.2, 0.25) is 5.91 Å². The summed E-state index contributed by atoms with van der Waals surface area (Å²) in [6, 6.07) is 15.8. The average molecular weight is 479 g/mol. The van der Waals surface area contributed by atoms with Crippen LogP contribution >= 0.6 is 0 Å². The van der Waals surface area contributed by atoms with E-state index in [1.54, 1.807) is 0 Å². The second kappa shape index (κ2) is 10.9. The number of nitrogens with one attached hydrogen (secondary N) is 2. The highest BCUT2D eigenvalue weighted by atomic mass is 16.5. The molecule has 2 aliphatic carbocycles. The smallest absolute Gasteiger partial charge is 0.407 e. The molecule has 4 rings (SSSR count). The summed E-state index contributed by atoms with van der Waals surface area (Å²) in [6.45, 7) is 4.11. The molecule has 2 amide bonds. The molecule has 0 unspecified atom stereocenters. The predicted molar refractivity (Wildman–Crippen MR) is 133 cm³/mol. The van der Waals surface area contributed by atoms with Crippen LogP contribution in [0.25, 0.3) is 11.1 Å². The minimum Gasteiger partial charge on any atom is -0.481 e. The standard InChI is InChI=1S/C28H34N2O5/c1-17(2)25(15-26(31)29-19-9-7-8-18(14-19)27(32)33)30-28(34)35-16-24-22-12-5-3-10-20(22)21-11-4-6-13-23(21)24/h3-6,10-13,17-19,24-25H,7-9,14-16H2,1-2H3,(H,29,31)(H,30,34)(H,32,33)/t18-,19+,25-/m1/s1. The molecule has 3 N–H and O–H groups in total. The quantitative estimate of drug-likeness (QED) is 0.510. The van der Waals surface area contributed by atoms with Gasteiger partial charge in [-0.05, 0) is 47.4 Å². The Labute approximate surface area is 206 Å². The van der Waals surface area contributed by atoms with Crippen LogP contribution in [0, 0.1) is 11.8 Å². The maximum absolute atomic E-state index is 12.7. The Morgan fingerprint density at radius 2 is 1.63 bits per heavy atom. The lowest BCUT2D eigenvalue weighted by Gasteiger charge is -2.28. The normalized spacial score (nSPS) is 20.0. The lowest BCUT2D eigenvalue weighted by molar-refractivity contribution is -0.143. The van der Waals surface area contributed by atoms with Gasteiger partial charge in [0.15, 0.2) is 0 Å². The number of carbonyl (C=O) groups excluding carboxylic acids is 2. The number of hydrogen-bond acceptors (Lipinski definition) is 4. The van der Waals surface area contributed by atoms with Crippen LogP contribution in [-0.4, -0.2) is 41.8 Å². The van der Waals surface area contributed by atoms with E-state index in [9.17, 15) is 19.5 Å². The van der Waals surface area contributed by atoms with Gasteiger partial charge in [-0.2, -0.15) is 0 Å². The van der Waals surface area contributed by atoms with Crippen molar-refractivity contribution in [1.29, 1.82) is 0 Å². The molecule has 0 radical (unpaired) electrons. The van der Waals surface area contributed by atoms with E-state index in [1.807, 2.05) is 38.1 Å². The van der Waals surface area contributed by atoms with E-state index in [2.05, 4.69) is 34.9 Å². The number of carbonyl (C=O) groups is 3. The van der Waals surface area contributed by atoms with Crippen LogP contribution in [0.2, 0.25) is 0 Å². The first-order valence-corrected chi connectivity index (χ1v) is 12.5. The number of alkyl carbamates (subject to hydrolysis) is 1. The van der Waals surface area contributed by atoms with Gasteiger partial charge in [-0.3, -0.25) is 9.59 Å². The van der Waals surface area contributed by atoms with Gasteiger partial charge in [-0.1, -0.05) is 68.8 Å². The Morgan fingerprint density at radius 3 is 2.23 bits per heavy atom. The van der Waals surface area contributed by atoms with Crippen LogP contribution in [0.4, 0.5) is 4.79 Å². The van der Waals surface area contributed by atoms with Gasteiger partial charge in [0, 0.05) is 24.4 Å². The van der Waals surface area contributed by atoms with Crippen molar-refractivity contribution in [2.75, 3.05) is 6.61 Å². The summed E-state index contributed by atoms with van der Waals surface area (Å²) < 4.78 is 5.65. The molecule has 1 fully saturated rings. The Bertz CT molecular complexity index is 1040. The lowest BCUT2D eigenvalue weighted by atomic mass is 9.85. The fourth-order valence-electron chi connectivity index (χ4n) is 5.28. The fraction of sp³-hybridized carbons (Fsp3) is 0.464. The minimum absolute atomic E-state index is 0.0255. The number of benzene rings is 2. The van der Waals surface area contributed by atoms with Crippen molar-refractivity contribution in [2.24, 2.45) is 11.8 Å². The third-order valence-electron chi connectivity index (χ3n) is 7.25. The Hall–Kier alpha value is -3.35. The molecule has 35 heavy (non-hydrogen) atoms. The number of aliphatic carboxylic acids is 1. The summed E-state index contributed by atoms with van der Waals surface area (Å²) in [4.78, 5) is 36.7. The summed E-state index contributed by atoms with van der Waals surface area (Å²) in [7, 11) is 0. The third kappa shape index (κ3) is 5.84. The van der Waals surface area contributed by atoms with E-state index >= 15 is 0 Å². The summed E-state index contributed by atoms with van der Waals surface area (Å²) in [5.74, 6) is -1.39.